The molecule has 3 N–H and O–H groups in total. The average Bonchev–Trinajstić information content (AvgIpc) is 3.02. The van der Waals surface area contributed by atoms with Crippen molar-refractivity contribution >= 4 is 17.0 Å². The molecule has 7 heteroatoms. The van der Waals surface area contributed by atoms with E-state index in [1.54, 1.807) is 30.2 Å². The molecule has 3 rings (SSSR count). The fourth-order valence-corrected chi connectivity index (χ4v) is 2.13. The van der Waals surface area contributed by atoms with E-state index in [1.165, 1.54) is 12.3 Å². The fourth-order valence-electron chi connectivity index (χ4n) is 2.13. The summed E-state index contributed by atoms with van der Waals surface area (Å²) < 4.78 is 1.59. The van der Waals surface area contributed by atoms with Crippen LogP contribution in [0.15, 0.2) is 30.7 Å². The van der Waals surface area contributed by atoms with E-state index in [0.717, 1.165) is 0 Å². The summed E-state index contributed by atoms with van der Waals surface area (Å²) in [6.45, 7) is 0. The molecule has 0 aliphatic rings. The first-order valence-corrected chi connectivity index (χ1v) is 5.94. The van der Waals surface area contributed by atoms with Crippen molar-refractivity contribution in [1.29, 1.82) is 0 Å². The maximum absolute atomic E-state index is 11.1. The summed E-state index contributed by atoms with van der Waals surface area (Å²) in [7, 11) is 1.76. The highest BCUT2D eigenvalue weighted by Crippen LogP contribution is 2.25. The van der Waals surface area contributed by atoms with E-state index in [2.05, 4.69) is 15.1 Å². The SMILES string of the molecule is Cn1cc(C(O)c2cc3nccc(C(=O)O)c3[nH]2)cn1. The van der Waals surface area contributed by atoms with Crippen molar-refractivity contribution in [1.82, 2.24) is 19.7 Å². The second-order valence-corrected chi connectivity index (χ2v) is 4.50. The summed E-state index contributed by atoms with van der Waals surface area (Å²) in [5.41, 5.74) is 2.13. The maximum atomic E-state index is 11.1. The van der Waals surface area contributed by atoms with Gasteiger partial charge in [0.2, 0.25) is 0 Å². The number of nitrogens with one attached hydrogen (secondary N) is 1. The van der Waals surface area contributed by atoms with Crippen LogP contribution in [0.2, 0.25) is 0 Å². The van der Waals surface area contributed by atoms with E-state index in [0.29, 0.717) is 22.3 Å². The molecule has 7 nitrogen and oxygen atoms in total. The van der Waals surface area contributed by atoms with Crippen LogP contribution in [0.4, 0.5) is 0 Å². The van der Waals surface area contributed by atoms with Gasteiger partial charge >= 0.3 is 5.97 Å². The van der Waals surface area contributed by atoms with Crippen LogP contribution >= 0.6 is 0 Å². The smallest absolute Gasteiger partial charge is 0.337 e. The Morgan fingerprint density at radius 3 is 2.95 bits per heavy atom. The Balaban J connectivity index is 2.09. The second kappa shape index (κ2) is 4.46. The van der Waals surface area contributed by atoms with Gasteiger partial charge < -0.3 is 15.2 Å². The number of pyridine rings is 1. The van der Waals surface area contributed by atoms with Gasteiger partial charge in [0.05, 0.1) is 28.5 Å². The molecule has 3 heterocycles. The minimum Gasteiger partial charge on any atom is -0.478 e. The lowest BCUT2D eigenvalue weighted by Gasteiger charge is -2.04. The monoisotopic (exact) mass is 272 g/mol. The predicted octanol–water partition coefficient (Wildman–Crippen LogP) is 1.08. The molecule has 0 aliphatic heterocycles. The number of carbonyl (C=O) groups is 1. The van der Waals surface area contributed by atoms with Gasteiger partial charge in [-0.2, -0.15) is 5.10 Å². The van der Waals surface area contributed by atoms with Gasteiger partial charge in [0.15, 0.2) is 0 Å². The molecule has 0 saturated carbocycles. The van der Waals surface area contributed by atoms with E-state index < -0.39 is 12.1 Å². The summed E-state index contributed by atoms with van der Waals surface area (Å²) >= 11 is 0. The molecule has 3 aromatic heterocycles. The molecule has 1 atom stereocenters. The molecular formula is C13H12N4O3. The van der Waals surface area contributed by atoms with Crippen LogP contribution in [-0.4, -0.2) is 35.9 Å². The number of aliphatic hydroxyl groups is 1. The molecule has 102 valence electrons. The molecule has 0 bridgehead atoms. The maximum Gasteiger partial charge on any atom is 0.337 e. The number of H-pyrrole nitrogens is 1. The first-order valence-electron chi connectivity index (χ1n) is 5.94. The predicted molar refractivity (Wildman–Crippen MR) is 70.3 cm³/mol. The Labute approximate surface area is 113 Å². The number of fused-ring (bicyclic) bond motifs is 1. The molecule has 0 fully saturated rings. The van der Waals surface area contributed by atoms with Crippen molar-refractivity contribution in [3.8, 4) is 0 Å². The van der Waals surface area contributed by atoms with E-state index in [1.807, 2.05) is 0 Å². The lowest BCUT2D eigenvalue weighted by atomic mass is 10.1. The molecular weight excluding hydrogens is 260 g/mol. The van der Waals surface area contributed by atoms with Crippen molar-refractivity contribution in [2.24, 2.45) is 7.05 Å². The minimum absolute atomic E-state index is 0.125. The van der Waals surface area contributed by atoms with Gasteiger partial charge in [-0.05, 0) is 12.1 Å². The first kappa shape index (κ1) is 12.4. The van der Waals surface area contributed by atoms with Crippen molar-refractivity contribution in [2.45, 2.75) is 6.10 Å². The van der Waals surface area contributed by atoms with Gasteiger partial charge in [-0.25, -0.2) is 4.79 Å². The zero-order valence-corrected chi connectivity index (χ0v) is 10.6. The number of carboxylic acids is 1. The third-order valence-electron chi connectivity index (χ3n) is 3.11. The van der Waals surface area contributed by atoms with Gasteiger partial charge in [-0.1, -0.05) is 0 Å². The summed E-state index contributed by atoms with van der Waals surface area (Å²) in [4.78, 5) is 18.2. The molecule has 0 saturated heterocycles. The topological polar surface area (TPSA) is 104 Å². The number of aryl methyl sites for hydroxylation is 1. The Morgan fingerprint density at radius 2 is 2.30 bits per heavy atom. The molecule has 0 amide bonds. The lowest BCUT2D eigenvalue weighted by Crippen LogP contribution is -2.00. The number of rotatable bonds is 3. The van der Waals surface area contributed by atoms with Crippen LogP contribution < -0.4 is 0 Å². The minimum atomic E-state index is -1.04. The van der Waals surface area contributed by atoms with E-state index in [9.17, 15) is 9.90 Å². The summed E-state index contributed by atoms with van der Waals surface area (Å²) in [5.74, 6) is -1.04. The number of carboxylic acid groups (broad SMARTS) is 1. The number of nitrogens with zero attached hydrogens (tertiary/aromatic N) is 3. The van der Waals surface area contributed by atoms with Crippen LogP contribution in [0.25, 0.3) is 11.0 Å². The van der Waals surface area contributed by atoms with Crippen LogP contribution in [0.5, 0.6) is 0 Å². The summed E-state index contributed by atoms with van der Waals surface area (Å²) in [6.07, 6.45) is 3.78. The van der Waals surface area contributed by atoms with Crippen LogP contribution in [-0.2, 0) is 7.05 Å². The van der Waals surface area contributed by atoms with Gasteiger partial charge in [-0.15, -0.1) is 0 Å². The quantitative estimate of drug-likeness (QED) is 0.661. The van der Waals surface area contributed by atoms with Crippen LogP contribution in [0.3, 0.4) is 0 Å². The summed E-state index contributed by atoms with van der Waals surface area (Å²) in [5, 5.41) is 23.4. The standard InChI is InChI=1S/C13H12N4O3/c1-17-6-7(5-15-17)12(18)10-4-9-11(16-10)8(13(19)20)2-3-14-9/h2-6,12,16,18H,1H3,(H,19,20). The van der Waals surface area contributed by atoms with Crippen LogP contribution in [0, 0.1) is 0 Å². The number of aromatic amines is 1. The Hall–Kier alpha value is -2.67. The van der Waals surface area contributed by atoms with Gasteiger partial charge in [-0.3, -0.25) is 9.67 Å². The molecule has 0 aromatic carbocycles. The Kier molecular flexibility index (Phi) is 2.76. The zero-order valence-electron chi connectivity index (χ0n) is 10.6. The summed E-state index contributed by atoms with van der Waals surface area (Å²) in [6, 6.07) is 3.06. The average molecular weight is 272 g/mol. The first-order chi connectivity index (χ1) is 9.56. The third-order valence-corrected chi connectivity index (χ3v) is 3.11. The van der Waals surface area contributed by atoms with E-state index in [-0.39, 0.29) is 5.56 Å². The number of hydrogen-bond donors (Lipinski definition) is 3. The molecule has 1 unspecified atom stereocenters. The number of aliphatic hydroxyl groups excluding tert-OH is 1. The number of aromatic carboxylic acids is 1. The molecule has 0 spiro atoms. The van der Waals surface area contributed by atoms with Gasteiger partial charge in [0.1, 0.15) is 6.10 Å². The molecule has 3 aromatic rings. The highest BCUT2D eigenvalue weighted by molar-refractivity contribution is 6.00. The highest BCUT2D eigenvalue weighted by Gasteiger charge is 2.18. The van der Waals surface area contributed by atoms with Crippen molar-refractivity contribution < 1.29 is 15.0 Å². The lowest BCUT2D eigenvalue weighted by molar-refractivity contribution is 0.0698. The van der Waals surface area contributed by atoms with Crippen molar-refractivity contribution in [3.63, 3.8) is 0 Å². The molecule has 0 aliphatic carbocycles. The molecule has 20 heavy (non-hydrogen) atoms. The van der Waals surface area contributed by atoms with Crippen molar-refractivity contribution in [2.75, 3.05) is 0 Å². The van der Waals surface area contributed by atoms with Gasteiger partial charge in [0.25, 0.3) is 0 Å². The zero-order chi connectivity index (χ0) is 14.3. The largest absolute Gasteiger partial charge is 0.478 e. The Morgan fingerprint density at radius 1 is 1.50 bits per heavy atom. The third kappa shape index (κ3) is 1.94. The van der Waals surface area contributed by atoms with E-state index in [4.69, 9.17) is 5.11 Å². The normalized spacial score (nSPS) is 12.7. The molecule has 0 radical (unpaired) electrons. The second-order valence-electron chi connectivity index (χ2n) is 4.50. The van der Waals surface area contributed by atoms with Gasteiger partial charge in [0, 0.05) is 25.0 Å². The number of aromatic nitrogens is 4. The number of hydrogen-bond acceptors (Lipinski definition) is 4. The Bertz CT molecular complexity index is 790. The van der Waals surface area contributed by atoms with Crippen molar-refractivity contribution in [3.05, 3.63) is 47.5 Å². The van der Waals surface area contributed by atoms with E-state index >= 15 is 0 Å². The highest BCUT2D eigenvalue weighted by atomic mass is 16.4. The fraction of sp³-hybridized carbons (Fsp3) is 0.154. The van der Waals surface area contributed by atoms with Crippen LogP contribution in [0.1, 0.15) is 27.7 Å².